The number of ketones is 1. The number of nitrogens with zero attached hydrogens (tertiary/aromatic N) is 1. The second-order valence-corrected chi connectivity index (χ2v) is 7.65. The number of Topliss-reactive ketones (excluding diaryl/α,β-unsaturated/α-hetero) is 1. The number of ether oxygens (including phenoxy) is 1. The lowest BCUT2D eigenvalue weighted by molar-refractivity contribution is -0.140. The predicted molar refractivity (Wildman–Crippen MR) is 113 cm³/mol. The van der Waals surface area contributed by atoms with E-state index in [1.54, 1.807) is 48.5 Å². The Hall–Kier alpha value is -3.13. The zero-order valence-electron chi connectivity index (χ0n) is 16.2. The fraction of sp³-hybridized carbons (Fsp3) is 0.227. The number of carboxylic acid groups (broad SMARTS) is 1. The Morgan fingerprint density at radius 1 is 1.10 bits per heavy atom. The minimum atomic E-state index is -0.990. The molecule has 0 saturated carbocycles. The number of benzene rings is 2. The number of halogens is 1. The summed E-state index contributed by atoms with van der Waals surface area (Å²) in [6.45, 7) is 0.0523. The van der Waals surface area contributed by atoms with Crippen LogP contribution >= 0.6 is 15.9 Å². The lowest BCUT2D eigenvalue weighted by Gasteiger charge is -2.26. The van der Waals surface area contributed by atoms with Crippen LogP contribution in [0.25, 0.3) is 5.76 Å². The van der Waals surface area contributed by atoms with Crippen LogP contribution in [0.5, 0.6) is 5.75 Å². The van der Waals surface area contributed by atoms with Crippen LogP contribution < -0.4 is 4.74 Å². The molecule has 2 aromatic rings. The van der Waals surface area contributed by atoms with E-state index in [1.165, 1.54) is 12.0 Å². The maximum atomic E-state index is 12.9. The summed E-state index contributed by atoms with van der Waals surface area (Å²) >= 11 is 3.33. The van der Waals surface area contributed by atoms with E-state index in [9.17, 15) is 19.5 Å². The standard InChI is InChI=1S/C22H20BrNO6/c1-30-16-6-3-2-5-15(16)19-18(20(27)13-8-10-14(23)11-9-13)21(28)22(29)24(19)12-4-7-17(25)26/h2-3,5-6,8-11,19,27H,4,7,12H2,1H3,(H,25,26)/t19-/m0/s1. The second-order valence-electron chi connectivity index (χ2n) is 6.74. The third-order valence-corrected chi connectivity index (χ3v) is 5.41. The molecule has 8 heteroatoms. The number of methoxy groups -OCH3 is 1. The van der Waals surface area contributed by atoms with Gasteiger partial charge in [-0.25, -0.2) is 0 Å². The molecule has 2 N–H and O–H groups in total. The molecular formula is C22H20BrNO6. The van der Waals surface area contributed by atoms with E-state index in [0.29, 0.717) is 16.9 Å². The van der Waals surface area contributed by atoms with Gasteiger partial charge in [-0.3, -0.25) is 14.4 Å². The van der Waals surface area contributed by atoms with Crippen molar-refractivity contribution < 1.29 is 29.3 Å². The van der Waals surface area contributed by atoms with Crippen LogP contribution in [-0.2, 0) is 14.4 Å². The highest BCUT2D eigenvalue weighted by atomic mass is 79.9. The molecule has 0 radical (unpaired) electrons. The normalized spacial score (nSPS) is 17.9. The summed E-state index contributed by atoms with van der Waals surface area (Å²) in [5.74, 6) is -2.43. The molecule has 7 nitrogen and oxygen atoms in total. The SMILES string of the molecule is COc1ccccc1[C@H]1C(=C(O)c2ccc(Br)cc2)C(=O)C(=O)N1CCCC(=O)O. The molecule has 0 unspecified atom stereocenters. The predicted octanol–water partition coefficient (Wildman–Crippen LogP) is 3.74. The van der Waals surface area contributed by atoms with Gasteiger partial charge in [0, 0.05) is 28.6 Å². The average molecular weight is 474 g/mol. The number of aliphatic carboxylic acids is 1. The average Bonchev–Trinajstić information content (AvgIpc) is 2.98. The minimum absolute atomic E-state index is 0.0523. The molecule has 0 spiro atoms. The number of carbonyl (C=O) groups excluding carboxylic acids is 2. The van der Waals surface area contributed by atoms with Gasteiger partial charge in [-0.2, -0.15) is 0 Å². The van der Waals surface area contributed by atoms with Gasteiger partial charge in [-0.05, 0) is 24.6 Å². The lowest BCUT2D eigenvalue weighted by Crippen LogP contribution is -2.31. The number of amides is 1. The first kappa shape index (κ1) is 21.6. The van der Waals surface area contributed by atoms with E-state index in [2.05, 4.69) is 15.9 Å². The molecule has 1 amide bonds. The molecule has 1 aliphatic rings. The van der Waals surface area contributed by atoms with Gasteiger partial charge in [0.05, 0.1) is 18.7 Å². The molecule has 3 rings (SSSR count). The first-order valence-corrected chi connectivity index (χ1v) is 10.0. The number of hydrogen-bond acceptors (Lipinski definition) is 5. The molecule has 2 aromatic carbocycles. The van der Waals surface area contributed by atoms with Gasteiger partial charge in [-0.15, -0.1) is 0 Å². The van der Waals surface area contributed by atoms with Crippen molar-refractivity contribution in [3.05, 3.63) is 69.7 Å². The molecule has 1 aliphatic heterocycles. The number of aliphatic hydroxyl groups is 1. The molecular weight excluding hydrogens is 454 g/mol. The summed E-state index contributed by atoms with van der Waals surface area (Å²) in [5, 5.41) is 19.9. The van der Waals surface area contributed by atoms with E-state index in [1.807, 2.05) is 0 Å². The number of hydrogen-bond donors (Lipinski definition) is 2. The summed E-state index contributed by atoms with van der Waals surface area (Å²) in [6, 6.07) is 12.7. The van der Waals surface area contributed by atoms with Crippen molar-refractivity contribution in [1.82, 2.24) is 4.90 Å². The third kappa shape index (κ3) is 4.23. The topological polar surface area (TPSA) is 104 Å². The van der Waals surface area contributed by atoms with Crippen LogP contribution in [0.15, 0.2) is 58.6 Å². The molecule has 0 aliphatic carbocycles. The Labute approximate surface area is 181 Å². The number of para-hydroxylation sites is 1. The molecule has 0 bridgehead atoms. The highest BCUT2D eigenvalue weighted by Gasteiger charge is 2.46. The number of likely N-dealkylation sites (tertiary alicyclic amines) is 1. The quantitative estimate of drug-likeness (QED) is 0.360. The Balaban J connectivity index is 2.14. The molecule has 30 heavy (non-hydrogen) atoms. The number of carboxylic acids is 1. The largest absolute Gasteiger partial charge is 0.507 e. The van der Waals surface area contributed by atoms with Crippen molar-refractivity contribution in [2.24, 2.45) is 0 Å². The van der Waals surface area contributed by atoms with Crippen molar-refractivity contribution >= 4 is 39.3 Å². The Morgan fingerprint density at radius 3 is 2.40 bits per heavy atom. The maximum absolute atomic E-state index is 12.9. The van der Waals surface area contributed by atoms with Crippen LogP contribution in [0.2, 0.25) is 0 Å². The van der Waals surface area contributed by atoms with Crippen molar-refractivity contribution in [2.75, 3.05) is 13.7 Å². The summed E-state index contributed by atoms with van der Waals surface area (Å²) in [4.78, 5) is 37.9. The van der Waals surface area contributed by atoms with Crippen molar-refractivity contribution in [2.45, 2.75) is 18.9 Å². The second kappa shape index (κ2) is 9.13. The highest BCUT2D eigenvalue weighted by molar-refractivity contribution is 9.10. The van der Waals surface area contributed by atoms with Gasteiger partial charge in [-0.1, -0.05) is 46.3 Å². The smallest absolute Gasteiger partial charge is 0.303 e. The van der Waals surface area contributed by atoms with Crippen molar-refractivity contribution in [3.8, 4) is 5.75 Å². The highest BCUT2D eigenvalue weighted by Crippen LogP contribution is 2.42. The van der Waals surface area contributed by atoms with E-state index in [0.717, 1.165) is 4.47 Å². The zero-order chi connectivity index (χ0) is 21.8. The van der Waals surface area contributed by atoms with Gasteiger partial charge >= 0.3 is 5.97 Å². The minimum Gasteiger partial charge on any atom is -0.507 e. The first-order valence-electron chi connectivity index (χ1n) is 9.24. The van der Waals surface area contributed by atoms with Crippen LogP contribution in [0.1, 0.15) is 30.0 Å². The van der Waals surface area contributed by atoms with Crippen LogP contribution in [-0.4, -0.2) is 46.4 Å². The zero-order valence-corrected chi connectivity index (χ0v) is 17.8. The van der Waals surface area contributed by atoms with E-state index < -0.39 is 23.7 Å². The third-order valence-electron chi connectivity index (χ3n) is 4.88. The maximum Gasteiger partial charge on any atom is 0.303 e. The fourth-order valence-electron chi connectivity index (χ4n) is 3.49. The summed E-state index contributed by atoms with van der Waals surface area (Å²) < 4.78 is 6.22. The van der Waals surface area contributed by atoms with Gasteiger partial charge < -0.3 is 19.8 Å². The Morgan fingerprint density at radius 2 is 1.77 bits per heavy atom. The number of aliphatic hydroxyl groups excluding tert-OH is 1. The van der Waals surface area contributed by atoms with Gasteiger partial charge in [0.15, 0.2) is 0 Å². The van der Waals surface area contributed by atoms with Crippen LogP contribution in [0.3, 0.4) is 0 Å². The number of rotatable bonds is 7. The van der Waals surface area contributed by atoms with Crippen LogP contribution in [0.4, 0.5) is 0 Å². The van der Waals surface area contributed by atoms with Crippen molar-refractivity contribution in [1.29, 1.82) is 0 Å². The molecule has 1 heterocycles. The summed E-state index contributed by atoms with van der Waals surface area (Å²) in [6.07, 6.45) is 0.0285. The molecule has 156 valence electrons. The number of carbonyl (C=O) groups is 3. The molecule has 1 atom stereocenters. The molecule has 1 saturated heterocycles. The molecule has 0 aromatic heterocycles. The monoisotopic (exact) mass is 473 g/mol. The lowest BCUT2D eigenvalue weighted by atomic mass is 9.94. The fourth-order valence-corrected chi connectivity index (χ4v) is 3.75. The summed E-state index contributed by atoms with van der Waals surface area (Å²) in [7, 11) is 1.48. The van der Waals surface area contributed by atoms with E-state index in [4.69, 9.17) is 9.84 Å². The Kier molecular flexibility index (Phi) is 6.56. The summed E-state index contributed by atoms with van der Waals surface area (Å²) in [5.41, 5.74) is 0.872. The first-order chi connectivity index (χ1) is 14.3. The van der Waals surface area contributed by atoms with Crippen LogP contribution in [0, 0.1) is 0 Å². The Bertz CT molecular complexity index is 1010. The van der Waals surface area contributed by atoms with Gasteiger partial charge in [0.1, 0.15) is 11.5 Å². The van der Waals surface area contributed by atoms with Gasteiger partial charge in [0.2, 0.25) is 0 Å². The van der Waals surface area contributed by atoms with Crippen molar-refractivity contribution in [3.63, 3.8) is 0 Å². The van der Waals surface area contributed by atoms with E-state index in [-0.39, 0.29) is 30.7 Å². The van der Waals surface area contributed by atoms with E-state index >= 15 is 0 Å². The van der Waals surface area contributed by atoms with Gasteiger partial charge in [0.25, 0.3) is 11.7 Å². The molecule has 1 fully saturated rings.